The van der Waals surface area contributed by atoms with Crippen LogP contribution in [0.5, 0.6) is 0 Å². The highest BCUT2D eigenvalue weighted by atomic mass is 16.2. The lowest BCUT2D eigenvalue weighted by molar-refractivity contribution is -0.113. The van der Waals surface area contributed by atoms with Crippen LogP contribution in [-0.2, 0) is 11.2 Å². The molecule has 2 aliphatic heterocycles. The molecule has 4 nitrogen and oxygen atoms in total. The molecule has 0 saturated carbocycles. The van der Waals surface area contributed by atoms with E-state index in [1.54, 1.807) is 18.2 Å². The van der Waals surface area contributed by atoms with E-state index in [1.807, 2.05) is 6.07 Å². The number of hydrogen-bond donors (Lipinski definition) is 0. The van der Waals surface area contributed by atoms with Crippen molar-refractivity contribution in [3.8, 4) is 12.0 Å². The van der Waals surface area contributed by atoms with Gasteiger partial charge in [0.05, 0.1) is 11.3 Å². The van der Waals surface area contributed by atoms with Crippen LogP contribution in [0.3, 0.4) is 0 Å². The van der Waals surface area contributed by atoms with Crippen molar-refractivity contribution in [2.24, 2.45) is 5.92 Å². The van der Waals surface area contributed by atoms with Crippen molar-refractivity contribution in [2.75, 3.05) is 24.5 Å². The van der Waals surface area contributed by atoms with Crippen molar-refractivity contribution in [3.63, 3.8) is 0 Å². The van der Waals surface area contributed by atoms with Crippen LogP contribution in [0.2, 0.25) is 0 Å². The van der Waals surface area contributed by atoms with Gasteiger partial charge in [0.1, 0.15) is 0 Å². The second-order valence-corrected chi connectivity index (χ2v) is 7.50. The number of likely N-dealkylation sites (tertiary alicyclic amines) is 1. The zero-order valence-electron chi connectivity index (χ0n) is 15.9. The van der Waals surface area contributed by atoms with Gasteiger partial charge in [-0.15, -0.1) is 0 Å². The molecule has 142 valence electrons. The first-order valence-corrected chi connectivity index (χ1v) is 9.95. The number of piperidine rings is 1. The molecule has 0 atom stereocenters. The smallest absolute Gasteiger partial charge is 0.302 e. The monoisotopic (exact) mass is 372 g/mol. The van der Waals surface area contributed by atoms with Crippen molar-refractivity contribution in [1.29, 1.82) is 0 Å². The Bertz CT molecular complexity index is 918. The molecule has 1 amide bonds. The van der Waals surface area contributed by atoms with Gasteiger partial charge in [-0.3, -0.25) is 9.59 Å². The average molecular weight is 372 g/mol. The Morgan fingerprint density at radius 1 is 0.929 bits per heavy atom. The summed E-state index contributed by atoms with van der Waals surface area (Å²) in [6.07, 6.45) is 4.30. The molecule has 2 aromatic rings. The molecule has 4 heteroatoms. The third-order valence-electron chi connectivity index (χ3n) is 5.61. The first kappa shape index (κ1) is 18.5. The lowest BCUT2D eigenvalue weighted by atomic mass is 9.90. The van der Waals surface area contributed by atoms with Gasteiger partial charge < -0.3 is 4.90 Å². The van der Waals surface area contributed by atoms with E-state index < -0.39 is 11.7 Å². The Kier molecular flexibility index (Phi) is 5.55. The fourth-order valence-corrected chi connectivity index (χ4v) is 4.01. The van der Waals surface area contributed by atoms with Gasteiger partial charge in [-0.25, -0.2) is 4.90 Å². The minimum absolute atomic E-state index is 0.447. The number of carbonyl (C=O) groups excluding carboxylic acids is 2. The molecule has 4 rings (SSSR count). The summed E-state index contributed by atoms with van der Waals surface area (Å²) >= 11 is 0. The molecule has 1 fully saturated rings. The molecule has 0 N–H and O–H groups in total. The quantitative estimate of drug-likeness (QED) is 0.609. The largest absolute Gasteiger partial charge is 0.311 e. The number of para-hydroxylation sites is 1. The van der Waals surface area contributed by atoms with Crippen LogP contribution in [0.25, 0.3) is 0 Å². The predicted molar refractivity (Wildman–Crippen MR) is 110 cm³/mol. The van der Waals surface area contributed by atoms with Crippen LogP contribution >= 0.6 is 0 Å². The van der Waals surface area contributed by atoms with Crippen molar-refractivity contribution in [2.45, 2.75) is 25.7 Å². The number of benzene rings is 2. The topological polar surface area (TPSA) is 40.6 Å². The molecule has 0 spiro atoms. The second kappa shape index (κ2) is 8.41. The summed E-state index contributed by atoms with van der Waals surface area (Å²) in [6, 6.07) is 20.6. The number of hydrogen-bond acceptors (Lipinski definition) is 3. The van der Waals surface area contributed by atoms with E-state index in [-0.39, 0.29) is 0 Å². The standard InChI is InChI=1S/C24H24N2O2/c27-23-21-10-4-5-11-22(21)26(24(23)28)15-7-6-14-25-16-12-20(13-17-25)18-19-8-2-1-3-9-19/h1-5,8-11,20H,6,12-14,16-18H2. The van der Waals surface area contributed by atoms with Gasteiger partial charge in [0.2, 0.25) is 0 Å². The number of rotatable bonds is 4. The minimum atomic E-state index is -0.546. The maximum atomic E-state index is 12.1. The van der Waals surface area contributed by atoms with Crippen molar-refractivity contribution < 1.29 is 9.59 Å². The van der Waals surface area contributed by atoms with Crippen molar-refractivity contribution >= 4 is 17.4 Å². The lowest BCUT2D eigenvalue weighted by Crippen LogP contribution is -2.35. The first-order valence-electron chi connectivity index (χ1n) is 9.95. The van der Waals surface area contributed by atoms with Gasteiger partial charge in [-0.05, 0) is 56.0 Å². The number of amides is 1. The molecule has 0 radical (unpaired) electrons. The fourth-order valence-electron chi connectivity index (χ4n) is 4.01. The lowest BCUT2D eigenvalue weighted by Gasteiger charge is -2.31. The molecule has 0 bridgehead atoms. The first-order chi connectivity index (χ1) is 13.7. The van der Waals surface area contributed by atoms with Crippen LogP contribution in [0.4, 0.5) is 5.69 Å². The van der Waals surface area contributed by atoms with E-state index in [4.69, 9.17) is 0 Å². The Morgan fingerprint density at radius 3 is 2.43 bits per heavy atom. The Balaban J connectivity index is 1.25. The third kappa shape index (κ3) is 4.00. The molecule has 1 saturated heterocycles. The summed E-state index contributed by atoms with van der Waals surface area (Å²) in [5.41, 5.74) is 2.48. The zero-order chi connectivity index (χ0) is 19.3. The highest BCUT2D eigenvalue weighted by molar-refractivity contribution is 6.53. The Hall–Kier alpha value is -2.90. The minimum Gasteiger partial charge on any atom is -0.302 e. The van der Waals surface area contributed by atoms with Crippen LogP contribution in [0.1, 0.15) is 35.2 Å². The molecule has 2 aromatic carbocycles. The second-order valence-electron chi connectivity index (χ2n) is 7.50. The summed E-state index contributed by atoms with van der Waals surface area (Å²) in [6.45, 7) is 3.11. The summed E-state index contributed by atoms with van der Waals surface area (Å²) in [5.74, 6) is 2.82. The van der Waals surface area contributed by atoms with Crippen molar-refractivity contribution in [3.05, 3.63) is 65.7 Å². The third-order valence-corrected chi connectivity index (χ3v) is 5.61. The highest BCUT2D eigenvalue weighted by Gasteiger charge is 2.34. The number of fused-ring (bicyclic) bond motifs is 1. The van der Waals surface area contributed by atoms with Gasteiger partial charge >= 0.3 is 5.91 Å². The Morgan fingerprint density at radius 2 is 1.64 bits per heavy atom. The summed E-state index contributed by atoms with van der Waals surface area (Å²) in [5, 5.41) is 0. The molecule has 2 heterocycles. The maximum absolute atomic E-state index is 12.1. The predicted octanol–water partition coefficient (Wildman–Crippen LogP) is 3.52. The van der Waals surface area contributed by atoms with Gasteiger partial charge in [-0.2, -0.15) is 0 Å². The molecule has 28 heavy (non-hydrogen) atoms. The molecule has 0 aliphatic carbocycles. The van der Waals surface area contributed by atoms with Crippen LogP contribution in [0.15, 0.2) is 54.6 Å². The molecular weight excluding hydrogens is 348 g/mol. The summed E-state index contributed by atoms with van der Waals surface area (Å²) in [7, 11) is 0. The van der Waals surface area contributed by atoms with Crippen LogP contribution in [0, 0.1) is 17.9 Å². The normalized spacial score (nSPS) is 17.4. The van der Waals surface area contributed by atoms with E-state index in [9.17, 15) is 9.59 Å². The number of carbonyl (C=O) groups is 2. The van der Waals surface area contributed by atoms with Gasteiger partial charge in [-0.1, -0.05) is 48.4 Å². The van der Waals surface area contributed by atoms with E-state index >= 15 is 0 Å². The number of anilines is 1. The Labute approximate surface area is 166 Å². The highest BCUT2D eigenvalue weighted by Crippen LogP contribution is 2.27. The van der Waals surface area contributed by atoms with Gasteiger partial charge in [0.25, 0.3) is 5.78 Å². The molecular formula is C24H24N2O2. The number of ketones is 1. The molecule has 0 aromatic heterocycles. The summed E-state index contributed by atoms with van der Waals surface area (Å²) in [4.78, 5) is 27.8. The van der Waals surface area contributed by atoms with Crippen molar-refractivity contribution in [1.82, 2.24) is 4.90 Å². The van der Waals surface area contributed by atoms with Gasteiger partial charge in [0.15, 0.2) is 0 Å². The maximum Gasteiger partial charge on any atom is 0.311 e. The molecule has 0 unspecified atom stereocenters. The molecule has 2 aliphatic rings. The average Bonchev–Trinajstić information content (AvgIpc) is 2.98. The van der Waals surface area contributed by atoms with E-state index in [2.05, 4.69) is 47.2 Å². The van der Waals surface area contributed by atoms with Gasteiger partial charge in [0, 0.05) is 19.0 Å². The van der Waals surface area contributed by atoms with Crippen LogP contribution < -0.4 is 4.90 Å². The number of nitrogens with zero attached hydrogens (tertiary/aromatic N) is 2. The van der Waals surface area contributed by atoms with E-state index in [1.165, 1.54) is 29.7 Å². The van der Waals surface area contributed by atoms with Crippen LogP contribution in [-0.4, -0.2) is 36.2 Å². The van der Waals surface area contributed by atoms with E-state index in [0.29, 0.717) is 17.7 Å². The SMILES string of the molecule is O=C1C(=O)N(C#CCCN2CCC(Cc3ccccc3)CC2)c2ccccc21. The number of Topliss-reactive ketones (excluding diaryl/α,β-unsaturated/α-hetero) is 1. The zero-order valence-corrected chi connectivity index (χ0v) is 15.9. The summed E-state index contributed by atoms with van der Waals surface area (Å²) < 4.78 is 0. The van der Waals surface area contributed by atoms with E-state index in [0.717, 1.165) is 25.6 Å². The fraction of sp³-hybridized carbons (Fsp3) is 0.333.